The van der Waals surface area contributed by atoms with Gasteiger partial charge in [-0.05, 0) is 28.8 Å². The molecule has 1 N–H and O–H groups in total. The van der Waals surface area contributed by atoms with Crippen molar-refractivity contribution in [3.05, 3.63) is 107 Å². The maximum atomic E-state index is 13.0. The van der Waals surface area contributed by atoms with E-state index in [1.54, 1.807) is 7.11 Å². The number of ether oxygens (including phenoxy) is 1. The van der Waals surface area contributed by atoms with Crippen LogP contribution in [0.5, 0.6) is 5.75 Å². The first-order chi connectivity index (χ1) is 15.3. The molecule has 5 rings (SSSR count). The van der Waals surface area contributed by atoms with Crippen LogP contribution < -0.4 is 10.3 Å². The minimum Gasteiger partial charge on any atom is -0.497 e. The fourth-order valence-electron chi connectivity index (χ4n) is 4.03. The van der Waals surface area contributed by atoms with E-state index < -0.39 is 0 Å². The Morgan fingerprint density at radius 1 is 0.871 bits per heavy atom. The highest BCUT2D eigenvalue weighted by Gasteiger charge is 2.23. The summed E-state index contributed by atoms with van der Waals surface area (Å²) in [5, 5.41) is 0.586. The summed E-state index contributed by atoms with van der Waals surface area (Å²) in [6, 6.07) is 28.2. The minimum absolute atomic E-state index is 0.153. The van der Waals surface area contributed by atoms with Crippen molar-refractivity contribution >= 4 is 11.0 Å². The average molecular weight is 407 g/mol. The van der Waals surface area contributed by atoms with Gasteiger partial charge < -0.3 is 14.3 Å². The van der Waals surface area contributed by atoms with Gasteiger partial charge in [0.05, 0.1) is 24.5 Å². The second-order valence-electron chi connectivity index (χ2n) is 7.32. The van der Waals surface area contributed by atoms with E-state index in [4.69, 9.17) is 4.74 Å². The third kappa shape index (κ3) is 3.40. The van der Waals surface area contributed by atoms with Crippen molar-refractivity contribution in [2.45, 2.75) is 6.54 Å². The van der Waals surface area contributed by atoms with E-state index in [-0.39, 0.29) is 5.56 Å². The molecule has 0 saturated heterocycles. The van der Waals surface area contributed by atoms with Crippen molar-refractivity contribution in [2.24, 2.45) is 0 Å². The first-order valence-corrected chi connectivity index (χ1v) is 10.1. The highest BCUT2D eigenvalue weighted by molar-refractivity contribution is 6.02. The first-order valence-electron chi connectivity index (χ1n) is 10.1. The van der Waals surface area contributed by atoms with Gasteiger partial charge in [0.15, 0.2) is 0 Å². The Morgan fingerprint density at radius 3 is 2.23 bits per heavy atom. The number of benzene rings is 3. The number of hydrogen-bond donors (Lipinski definition) is 1. The van der Waals surface area contributed by atoms with E-state index >= 15 is 0 Å². The number of H-pyrrole nitrogens is 1. The first kappa shape index (κ1) is 18.9. The number of fused-ring (bicyclic) bond motifs is 1. The molecule has 0 fully saturated rings. The molecule has 0 spiro atoms. The standard InChI is InChI=1S/C26H21N3O2/c1-31-21-14-12-19(13-15-21)22-23-25(27-17-28-26(23)30)29(16-18-8-4-2-5-9-18)24(22)20-10-6-3-7-11-20/h2-15,17H,16H2,1H3,(H,27,28,30). The van der Waals surface area contributed by atoms with Crippen molar-refractivity contribution in [2.75, 3.05) is 7.11 Å². The van der Waals surface area contributed by atoms with Crippen LogP contribution in [0.1, 0.15) is 5.56 Å². The molecule has 5 nitrogen and oxygen atoms in total. The number of aromatic amines is 1. The molecular weight excluding hydrogens is 386 g/mol. The summed E-state index contributed by atoms with van der Waals surface area (Å²) in [7, 11) is 1.64. The number of aromatic nitrogens is 3. The molecule has 0 bridgehead atoms. The normalized spacial score (nSPS) is 11.0. The molecule has 0 radical (unpaired) electrons. The third-order valence-electron chi connectivity index (χ3n) is 5.45. The van der Waals surface area contributed by atoms with E-state index in [1.165, 1.54) is 6.33 Å². The molecule has 3 aromatic carbocycles. The Bertz CT molecular complexity index is 1390. The molecule has 0 aliphatic carbocycles. The number of rotatable bonds is 5. The van der Waals surface area contributed by atoms with Gasteiger partial charge in [0.25, 0.3) is 5.56 Å². The summed E-state index contributed by atoms with van der Waals surface area (Å²) in [5.74, 6) is 0.769. The molecule has 0 atom stereocenters. The second-order valence-corrected chi connectivity index (χ2v) is 7.32. The zero-order valence-electron chi connectivity index (χ0n) is 17.1. The Morgan fingerprint density at radius 2 is 1.55 bits per heavy atom. The van der Waals surface area contributed by atoms with E-state index in [0.717, 1.165) is 33.7 Å². The van der Waals surface area contributed by atoms with Crippen LogP contribution in [-0.4, -0.2) is 21.6 Å². The fraction of sp³-hybridized carbons (Fsp3) is 0.0769. The molecule has 0 amide bonds. The Hall–Kier alpha value is -4.12. The summed E-state index contributed by atoms with van der Waals surface area (Å²) in [5.41, 5.74) is 5.46. The lowest BCUT2D eigenvalue weighted by Crippen LogP contribution is -2.08. The van der Waals surface area contributed by atoms with Crippen LogP contribution in [0.15, 0.2) is 96.1 Å². The average Bonchev–Trinajstić information content (AvgIpc) is 3.15. The van der Waals surface area contributed by atoms with Crippen LogP contribution in [-0.2, 0) is 6.54 Å². The monoisotopic (exact) mass is 407 g/mol. The number of hydrogen-bond acceptors (Lipinski definition) is 3. The molecule has 2 aromatic heterocycles. The molecule has 31 heavy (non-hydrogen) atoms. The lowest BCUT2D eigenvalue weighted by Gasteiger charge is -2.13. The zero-order chi connectivity index (χ0) is 21.2. The van der Waals surface area contributed by atoms with Gasteiger partial charge in [0, 0.05) is 12.1 Å². The molecule has 0 aliphatic heterocycles. The summed E-state index contributed by atoms with van der Waals surface area (Å²) in [6.45, 7) is 0.605. The third-order valence-corrected chi connectivity index (χ3v) is 5.45. The maximum Gasteiger partial charge on any atom is 0.260 e. The Labute approximate surface area is 179 Å². The van der Waals surface area contributed by atoms with Crippen LogP contribution in [0, 0.1) is 0 Å². The molecule has 2 heterocycles. The maximum absolute atomic E-state index is 13.0. The quantitative estimate of drug-likeness (QED) is 0.440. The van der Waals surface area contributed by atoms with Crippen LogP contribution in [0.4, 0.5) is 0 Å². The smallest absolute Gasteiger partial charge is 0.260 e. The molecule has 152 valence electrons. The van der Waals surface area contributed by atoms with Crippen molar-refractivity contribution in [3.8, 4) is 28.1 Å². The van der Waals surface area contributed by atoms with Gasteiger partial charge in [-0.15, -0.1) is 0 Å². The van der Waals surface area contributed by atoms with Crippen molar-refractivity contribution in [1.29, 1.82) is 0 Å². The van der Waals surface area contributed by atoms with Crippen molar-refractivity contribution in [3.63, 3.8) is 0 Å². The van der Waals surface area contributed by atoms with Gasteiger partial charge >= 0.3 is 0 Å². The fourth-order valence-corrected chi connectivity index (χ4v) is 4.03. The van der Waals surface area contributed by atoms with Crippen LogP contribution in [0.25, 0.3) is 33.4 Å². The molecular formula is C26H21N3O2. The zero-order valence-corrected chi connectivity index (χ0v) is 17.1. The van der Waals surface area contributed by atoms with Gasteiger partial charge in [-0.1, -0.05) is 72.8 Å². The van der Waals surface area contributed by atoms with Crippen molar-refractivity contribution in [1.82, 2.24) is 14.5 Å². The number of nitrogens with one attached hydrogen (secondary N) is 1. The molecule has 0 unspecified atom stereocenters. The summed E-state index contributed by atoms with van der Waals surface area (Å²) in [4.78, 5) is 20.4. The number of nitrogens with zero attached hydrogens (tertiary/aromatic N) is 2. The van der Waals surface area contributed by atoms with Crippen molar-refractivity contribution < 1.29 is 4.74 Å². The molecule has 5 aromatic rings. The van der Waals surface area contributed by atoms with Gasteiger partial charge in [-0.3, -0.25) is 4.79 Å². The predicted molar refractivity (Wildman–Crippen MR) is 123 cm³/mol. The predicted octanol–water partition coefficient (Wildman–Crippen LogP) is 5.12. The minimum atomic E-state index is -0.153. The van der Waals surface area contributed by atoms with Gasteiger partial charge in [-0.2, -0.15) is 0 Å². The topological polar surface area (TPSA) is 59.9 Å². The lowest BCUT2D eigenvalue weighted by molar-refractivity contribution is 0.415. The van der Waals surface area contributed by atoms with Crippen LogP contribution in [0.2, 0.25) is 0 Å². The highest BCUT2D eigenvalue weighted by Crippen LogP contribution is 2.39. The molecule has 0 saturated carbocycles. The van der Waals surface area contributed by atoms with Crippen LogP contribution in [0.3, 0.4) is 0 Å². The van der Waals surface area contributed by atoms with Gasteiger partial charge in [-0.25, -0.2) is 4.98 Å². The van der Waals surface area contributed by atoms with E-state index in [1.807, 2.05) is 60.7 Å². The van der Waals surface area contributed by atoms with E-state index in [9.17, 15) is 4.79 Å². The van der Waals surface area contributed by atoms with Gasteiger partial charge in [0.1, 0.15) is 11.4 Å². The summed E-state index contributed by atoms with van der Waals surface area (Å²) >= 11 is 0. The number of methoxy groups -OCH3 is 1. The Kier molecular flexibility index (Phi) is 4.84. The van der Waals surface area contributed by atoms with E-state index in [0.29, 0.717) is 17.6 Å². The highest BCUT2D eigenvalue weighted by atomic mass is 16.5. The second kappa shape index (κ2) is 7.95. The lowest BCUT2D eigenvalue weighted by atomic mass is 9.99. The Balaban J connectivity index is 1.87. The summed E-state index contributed by atoms with van der Waals surface area (Å²) < 4.78 is 7.46. The molecule has 5 heteroatoms. The SMILES string of the molecule is COc1ccc(-c2c(-c3ccccc3)n(Cc3ccccc3)c3nc[nH]c(=O)c23)cc1. The summed E-state index contributed by atoms with van der Waals surface area (Å²) in [6.07, 6.45) is 1.47. The van der Waals surface area contributed by atoms with Gasteiger partial charge in [0.2, 0.25) is 0 Å². The van der Waals surface area contributed by atoms with E-state index in [2.05, 4.69) is 38.8 Å². The molecule has 0 aliphatic rings. The van der Waals surface area contributed by atoms with Crippen LogP contribution >= 0.6 is 0 Å². The largest absolute Gasteiger partial charge is 0.497 e.